The van der Waals surface area contributed by atoms with Gasteiger partial charge in [-0.15, -0.1) is 11.3 Å². The molecular formula is C14H13F2NOS. The third-order valence-corrected chi connectivity index (χ3v) is 3.61. The minimum absolute atomic E-state index is 0.139. The molecule has 100 valence electrons. The highest BCUT2D eigenvalue weighted by atomic mass is 32.1. The summed E-state index contributed by atoms with van der Waals surface area (Å²) in [5.41, 5.74) is 0.540. The van der Waals surface area contributed by atoms with Crippen LogP contribution in [0, 0.1) is 11.6 Å². The average Bonchev–Trinajstić information content (AvgIpc) is 2.85. The van der Waals surface area contributed by atoms with Gasteiger partial charge >= 0.3 is 0 Å². The molecule has 19 heavy (non-hydrogen) atoms. The van der Waals surface area contributed by atoms with Crippen LogP contribution in [0.25, 0.3) is 0 Å². The van der Waals surface area contributed by atoms with Crippen molar-refractivity contribution >= 4 is 17.2 Å². The molecule has 0 saturated carbocycles. The highest BCUT2D eigenvalue weighted by Crippen LogP contribution is 2.16. The van der Waals surface area contributed by atoms with Gasteiger partial charge in [0, 0.05) is 4.88 Å². The standard InChI is InChI=1S/C14H13F2NOS/c1-9(10-4-5-12(15)13(16)7-10)17-14(18)8-11-3-2-6-19-11/h2-7,9H,8H2,1H3,(H,17,18)/t9-/m1/s1. The largest absolute Gasteiger partial charge is 0.349 e. The first-order valence-corrected chi connectivity index (χ1v) is 6.71. The number of hydrogen-bond donors (Lipinski definition) is 1. The maximum absolute atomic E-state index is 13.1. The minimum atomic E-state index is -0.906. The van der Waals surface area contributed by atoms with Crippen molar-refractivity contribution in [3.8, 4) is 0 Å². The normalized spacial score (nSPS) is 12.2. The molecule has 2 nitrogen and oxygen atoms in total. The van der Waals surface area contributed by atoms with Crippen LogP contribution >= 0.6 is 11.3 Å². The molecule has 2 aromatic rings. The van der Waals surface area contributed by atoms with Gasteiger partial charge in [0.15, 0.2) is 11.6 Å². The molecule has 0 radical (unpaired) electrons. The topological polar surface area (TPSA) is 29.1 Å². The number of thiophene rings is 1. The van der Waals surface area contributed by atoms with Gasteiger partial charge in [0.25, 0.3) is 0 Å². The van der Waals surface area contributed by atoms with E-state index in [1.807, 2.05) is 17.5 Å². The summed E-state index contributed by atoms with van der Waals surface area (Å²) in [4.78, 5) is 12.7. The van der Waals surface area contributed by atoms with Gasteiger partial charge in [-0.1, -0.05) is 12.1 Å². The maximum Gasteiger partial charge on any atom is 0.225 e. The number of halogens is 2. The zero-order chi connectivity index (χ0) is 13.8. The van der Waals surface area contributed by atoms with Crippen molar-refractivity contribution in [2.45, 2.75) is 19.4 Å². The Morgan fingerprint density at radius 3 is 2.74 bits per heavy atom. The Morgan fingerprint density at radius 1 is 1.32 bits per heavy atom. The summed E-state index contributed by atoms with van der Waals surface area (Å²) >= 11 is 1.51. The van der Waals surface area contributed by atoms with Crippen LogP contribution in [0.1, 0.15) is 23.4 Å². The van der Waals surface area contributed by atoms with E-state index in [1.165, 1.54) is 17.4 Å². The smallest absolute Gasteiger partial charge is 0.225 e. The number of nitrogens with one attached hydrogen (secondary N) is 1. The van der Waals surface area contributed by atoms with Crippen LogP contribution in [0.2, 0.25) is 0 Å². The molecule has 1 aromatic heterocycles. The average molecular weight is 281 g/mol. The van der Waals surface area contributed by atoms with Gasteiger partial charge in [0.1, 0.15) is 0 Å². The highest BCUT2D eigenvalue weighted by molar-refractivity contribution is 7.10. The number of carbonyl (C=O) groups is 1. The summed E-state index contributed by atoms with van der Waals surface area (Å²) in [6.45, 7) is 1.74. The fourth-order valence-corrected chi connectivity index (χ4v) is 2.43. The second-order valence-electron chi connectivity index (χ2n) is 4.22. The SMILES string of the molecule is C[C@@H](NC(=O)Cc1cccs1)c1ccc(F)c(F)c1. The van der Waals surface area contributed by atoms with Crippen LogP contribution in [0.4, 0.5) is 8.78 Å². The monoisotopic (exact) mass is 281 g/mol. The molecule has 0 saturated heterocycles. The van der Waals surface area contributed by atoms with Gasteiger partial charge in [-0.05, 0) is 36.1 Å². The Balaban J connectivity index is 1.98. The summed E-state index contributed by atoms with van der Waals surface area (Å²) in [6, 6.07) is 7.04. The summed E-state index contributed by atoms with van der Waals surface area (Å²) < 4.78 is 25.9. The lowest BCUT2D eigenvalue weighted by molar-refractivity contribution is -0.121. The quantitative estimate of drug-likeness (QED) is 0.913. The molecule has 1 atom stereocenters. The van der Waals surface area contributed by atoms with Crippen LogP contribution in [-0.2, 0) is 11.2 Å². The molecule has 0 fully saturated rings. The predicted molar refractivity (Wildman–Crippen MR) is 70.9 cm³/mol. The van der Waals surface area contributed by atoms with Crippen LogP contribution in [0.5, 0.6) is 0 Å². The minimum Gasteiger partial charge on any atom is -0.349 e. The van der Waals surface area contributed by atoms with Crippen LogP contribution in [-0.4, -0.2) is 5.91 Å². The van der Waals surface area contributed by atoms with E-state index in [2.05, 4.69) is 5.32 Å². The van der Waals surface area contributed by atoms with E-state index in [1.54, 1.807) is 6.92 Å². The molecule has 1 heterocycles. The van der Waals surface area contributed by atoms with Crippen molar-refractivity contribution in [1.29, 1.82) is 0 Å². The van der Waals surface area contributed by atoms with Crippen LogP contribution in [0.3, 0.4) is 0 Å². The van der Waals surface area contributed by atoms with E-state index < -0.39 is 11.6 Å². The Labute approximate surface area is 114 Å². The van der Waals surface area contributed by atoms with E-state index in [4.69, 9.17) is 0 Å². The summed E-state index contributed by atoms with van der Waals surface area (Å²) in [7, 11) is 0. The van der Waals surface area contributed by atoms with Crippen molar-refractivity contribution in [2.75, 3.05) is 0 Å². The van der Waals surface area contributed by atoms with E-state index >= 15 is 0 Å². The molecule has 0 aliphatic rings. The number of amides is 1. The van der Waals surface area contributed by atoms with Gasteiger partial charge in [-0.25, -0.2) is 8.78 Å². The highest BCUT2D eigenvalue weighted by Gasteiger charge is 2.12. The summed E-state index contributed by atoms with van der Waals surface area (Å²) in [6.07, 6.45) is 0.297. The van der Waals surface area contributed by atoms with Crippen molar-refractivity contribution in [2.24, 2.45) is 0 Å². The fourth-order valence-electron chi connectivity index (χ4n) is 1.73. The Bertz CT molecular complexity index is 569. The lowest BCUT2D eigenvalue weighted by Gasteiger charge is -2.14. The van der Waals surface area contributed by atoms with Crippen molar-refractivity contribution in [3.63, 3.8) is 0 Å². The predicted octanol–water partition coefficient (Wildman–Crippen LogP) is 3.45. The van der Waals surface area contributed by atoms with Crippen molar-refractivity contribution < 1.29 is 13.6 Å². The van der Waals surface area contributed by atoms with Gasteiger partial charge in [0.2, 0.25) is 5.91 Å². The van der Waals surface area contributed by atoms with E-state index in [9.17, 15) is 13.6 Å². The Hall–Kier alpha value is -1.75. The lowest BCUT2D eigenvalue weighted by Crippen LogP contribution is -2.27. The molecule has 0 aliphatic carbocycles. The van der Waals surface area contributed by atoms with E-state index in [-0.39, 0.29) is 11.9 Å². The molecule has 0 unspecified atom stereocenters. The molecule has 0 spiro atoms. The molecule has 2 rings (SSSR count). The summed E-state index contributed by atoms with van der Waals surface area (Å²) in [5.74, 6) is -1.93. The van der Waals surface area contributed by atoms with Gasteiger partial charge in [-0.3, -0.25) is 4.79 Å². The second kappa shape index (κ2) is 5.93. The molecular weight excluding hydrogens is 268 g/mol. The molecule has 0 bridgehead atoms. The first-order valence-electron chi connectivity index (χ1n) is 5.83. The number of benzene rings is 1. The fraction of sp³-hybridized carbons (Fsp3) is 0.214. The van der Waals surface area contributed by atoms with E-state index in [0.717, 1.165) is 17.0 Å². The first kappa shape index (κ1) is 13.7. The van der Waals surface area contributed by atoms with E-state index in [0.29, 0.717) is 12.0 Å². The second-order valence-corrected chi connectivity index (χ2v) is 5.25. The number of hydrogen-bond acceptors (Lipinski definition) is 2. The third kappa shape index (κ3) is 3.61. The number of carbonyl (C=O) groups excluding carboxylic acids is 1. The maximum atomic E-state index is 13.1. The van der Waals surface area contributed by atoms with Gasteiger partial charge in [-0.2, -0.15) is 0 Å². The Kier molecular flexibility index (Phi) is 4.27. The van der Waals surface area contributed by atoms with Crippen LogP contribution in [0.15, 0.2) is 35.7 Å². The lowest BCUT2D eigenvalue weighted by atomic mass is 10.1. The first-order chi connectivity index (χ1) is 9.06. The molecule has 1 N–H and O–H groups in total. The third-order valence-electron chi connectivity index (χ3n) is 2.74. The van der Waals surface area contributed by atoms with Gasteiger partial charge < -0.3 is 5.32 Å². The van der Waals surface area contributed by atoms with Crippen molar-refractivity contribution in [1.82, 2.24) is 5.32 Å². The molecule has 1 amide bonds. The van der Waals surface area contributed by atoms with Crippen molar-refractivity contribution in [3.05, 3.63) is 57.8 Å². The van der Waals surface area contributed by atoms with Gasteiger partial charge in [0.05, 0.1) is 12.5 Å². The molecule has 0 aliphatic heterocycles. The Morgan fingerprint density at radius 2 is 2.11 bits per heavy atom. The zero-order valence-electron chi connectivity index (χ0n) is 10.3. The molecule has 5 heteroatoms. The summed E-state index contributed by atoms with van der Waals surface area (Å²) in [5, 5.41) is 4.66. The molecule has 1 aromatic carbocycles. The zero-order valence-corrected chi connectivity index (χ0v) is 11.1. The number of rotatable bonds is 4. The van der Waals surface area contributed by atoms with Crippen LogP contribution < -0.4 is 5.32 Å².